The minimum absolute atomic E-state index is 0.0324. The van der Waals surface area contributed by atoms with Crippen LogP contribution in [-0.2, 0) is 10.0 Å². The van der Waals surface area contributed by atoms with Crippen LogP contribution in [0.5, 0.6) is 0 Å². The Balaban J connectivity index is 1.51. The molecular formula is C24H26FN3O3S. The Hall–Kier alpha value is -2.84. The van der Waals surface area contributed by atoms with Crippen LogP contribution in [0.4, 0.5) is 10.1 Å². The molecule has 0 atom stereocenters. The Labute approximate surface area is 187 Å². The summed E-state index contributed by atoms with van der Waals surface area (Å²) in [6, 6.07) is 12.1. The van der Waals surface area contributed by atoms with Crippen molar-refractivity contribution in [3.8, 4) is 0 Å². The van der Waals surface area contributed by atoms with Crippen LogP contribution in [0.2, 0.25) is 0 Å². The fraction of sp³-hybridized carbons (Fsp3) is 0.333. The van der Waals surface area contributed by atoms with Crippen molar-refractivity contribution in [2.75, 3.05) is 12.4 Å². The van der Waals surface area contributed by atoms with Gasteiger partial charge in [-0.15, -0.1) is 0 Å². The fourth-order valence-corrected chi connectivity index (χ4v) is 5.60. The van der Waals surface area contributed by atoms with Gasteiger partial charge in [0, 0.05) is 30.2 Å². The minimum atomic E-state index is -3.59. The average Bonchev–Trinajstić information content (AvgIpc) is 2.79. The van der Waals surface area contributed by atoms with Crippen molar-refractivity contribution in [1.82, 2.24) is 9.29 Å². The van der Waals surface area contributed by atoms with Crippen molar-refractivity contribution in [2.24, 2.45) is 0 Å². The number of hydrogen-bond acceptors (Lipinski definition) is 4. The highest BCUT2D eigenvalue weighted by molar-refractivity contribution is 7.89. The summed E-state index contributed by atoms with van der Waals surface area (Å²) in [6.07, 6.45) is 5.02. The van der Waals surface area contributed by atoms with Crippen molar-refractivity contribution in [2.45, 2.75) is 50.0 Å². The molecule has 0 unspecified atom stereocenters. The van der Waals surface area contributed by atoms with Gasteiger partial charge in [0.2, 0.25) is 10.0 Å². The largest absolute Gasteiger partial charge is 0.322 e. The zero-order valence-corrected chi connectivity index (χ0v) is 19.0. The van der Waals surface area contributed by atoms with Gasteiger partial charge in [-0.2, -0.15) is 4.31 Å². The first kappa shape index (κ1) is 22.4. The van der Waals surface area contributed by atoms with E-state index in [-0.39, 0.29) is 22.7 Å². The van der Waals surface area contributed by atoms with Gasteiger partial charge >= 0.3 is 0 Å². The van der Waals surface area contributed by atoms with Gasteiger partial charge < -0.3 is 5.32 Å². The minimum Gasteiger partial charge on any atom is -0.322 e. The Morgan fingerprint density at radius 1 is 1.06 bits per heavy atom. The van der Waals surface area contributed by atoms with Crippen LogP contribution in [0.15, 0.2) is 53.4 Å². The lowest BCUT2D eigenvalue weighted by atomic mass is 9.96. The van der Waals surface area contributed by atoms with Crippen LogP contribution in [0.3, 0.4) is 0 Å². The second-order valence-corrected chi connectivity index (χ2v) is 10.2. The third-order valence-electron chi connectivity index (χ3n) is 6.09. The number of anilines is 1. The van der Waals surface area contributed by atoms with Gasteiger partial charge in [0.1, 0.15) is 5.82 Å². The number of benzene rings is 2. The fourth-order valence-electron chi connectivity index (χ4n) is 4.18. The maximum atomic E-state index is 13.4. The van der Waals surface area contributed by atoms with Crippen molar-refractivity contribution >= 4 is 32.5 Å². The quantitative estimate of drug-likeness (QED) is 0.594. The summed E-state index contributed by atoms with van der Waals surface area (Å²) < 4.78 is 40.9. The number of pyridine rings is 1. The lowest BCUT2D eigenvalue weighted by molar-refractivity contribution is 0.102. The zero-order valence-electron chi connectivity index (χ0n) is 18.1. The van der Waals surface area contributed by atoms with E-state index in [1.807, 2.05) is 0 Å². The summed E-state index contributed by atoms with van der Waals surface area (Å²) >= 11 is 0. The molecule has 8 heteroatoms. The monoisotopic (exact) mass is 455 g/mol. The van der Waals surface area contributed by atoms with E-state index in [0.29, 0.717) is 27.8 Å². The van der Waals surface area contributed by atoms with Gasteiger partial charge in [-0.3, -0.25) is 9.78 Å². The summed E-state index contributed by atoms with van der Waals surface area (Å²) in [5.74, 6) is -0.748. The molecule has 4 rings (SSSR count). The van der Waals surface area contributed by atoms with Crippen molar-refractivity contribution < 1.29 is 17.6 Å². The molecule has 0 spiro atoms. The Morgan fingerprint density at radius 3 is 2.44 bits per heavy atom. The number of amides is 1. The van der Waals surface area contributed by atoms with Crippen LogP contribution in [0, 0.1) is 12.7 Å². The number of carbonyl (C=O) groups excluding carboxylic acids is 1. The van der Waals surface area contributed by atoms with Gasteiger partial charge in [0.25, 0.3) is 5.91 Å². The van der Waals surface area contributed by atoms with E-state index in [0.717, 1.165) is 32.1 Å². The summed E-state index contributed by atoms with van der Waals surface area (Å²) in [6.45, 7) is 1.69. The molecule has 6 nitrogen and oxygen atoms in total. The van der Waals surface area contributed by atoms with Crippen molar-refractivity contribution in [3.63, 3.8) is 0 Å². The van der Waals surface area contributed by atoms with E-state index in [9.17, 15) is 17.6 Å². The van der Waals surface area contributed by atoms with Crippen LogP contribution in [0.25, 0.3) is 10.9 Å². The van der Waals surface area contributed by atoms with E-state index >= 15 is 0 Å². The van der Waals surface area contributed by atoms with E-state index in [4.69, 9.17) is 0 Å². The number of halogens is 1. The highest BCUT2D eigenvalue weighted by Gasteiger charge is 2.29. The van der Waals surface area contributed by atoms with Gasteiger partial charge in [-0.05, 0) is 62.2 Å². The topological polar surface area (TPSA) is 79.4 Å². The summed E-state index contributed by atoms with van der Waals surface area (Å²) in [5, 5.41) is 3.45. The number of sulfonamides is 1. The molecule has 0 bridgehead atoms. The van der Waals surface area contributed by atoms with Crippen LogP contribution in [0.1, 0.15) is 48.2 Å². The normalized spacial score (nSPS) is 15.2. The Bertz CT molecular complexity index is 1250. The number of nitrogens with zero attached hydrogens (tertiary/aromatic N) is 2. The maximum absolute atomic E-state index is 13.4. The molecule has 3 aromatic rings. The lowest BCUT2D eigenvalue weighted by Gasteiger charge is -2.30. The SMILES string of the molecule is Cc1nc2cc(F)ccc2cc1C(=O)Nc1ccc(S(=O)(=O)N(C)C2CCCCC2)cc1. The lowest BCUT2D eigenvalue weighted by Crippen LogP contribution is -2.38. The van der Waals surface area contributed by atoms with Crippen molar-refractivity contribution in [1.29, 1.82) is 0 Å². The molecule has 1 N–H and O–H groups in total. The second kappa shape index (κ2) is 8.96. The Morgan fingerprint density at radius 2 is 1.75 bits per heavy atom. The molecule has 2 aromatic carbocycles. The molecule has 1 fully saturated rings. The molecular weight excluding hydrogens is 429 g/mol. The number of hydrogen-bond donors (Lipinski definition) is 1. The Kier molecular flexibility index (Phi) is 6.26. The molecule has 168 valence electrons. The summed E-state index contributed by atoms with van der Waals surface area (Å²) in [5.41, 5.74) is 1.82. The number of rotatable bonds is 5. The van der Waals surface area contributed by atoms with Crippen LogP contribution >= 0.6 is 0 Å². The van der Waals surface area contributed by atoms with Crippen LogP contribution < -0.4 is 5.32 Å². The molecule has 1 amide bonds. The summed E-state index contributed by atoms with van der Waals surface area (Å²) in [4.78, 5) is 17.3. The molecule has 0 saturated heterocycles. The third-order valence-corrected chi connectivity index (χ3v) is 8.02. The molecule has 1 aromatic heterocycles. The third kappa shape index (κ3) is 4.52. The molecule has 0 radical (unpaired) electrons. The summed E-state index contributed by atoms with van der Waals surface area (Å²) in [7, 11) is -1.95. The van der Waals surface area contributed by atoms with Gasteiger partial charge in [0.15, 0.2) is 0 Å². The smallest absolute Gasteiger partial charge is 0.257 e. The van der Waals surface area contributed by atoms with Gasteiger partial charge in [-0.1, -0.05) is 19.3 Å². The number of aromatic nitrogens is 1. The molecule has 1 aliphatic carbocycles. The predicted octanol–water partition coefficient (Wildman–Crippen LogP) is 4.89. The first-order chi connectivity index (χ1) is 15.3. The first-order valence-corrected chi connectivity index (χ1v) is 12.2. The van der Waals surface area contributed by atoms with Gasteiger partial charge in [0.05, 0.1) is 21.7 Å². The molecule has 0 aliphatic heterocycles. The molecule has 32 heavy (non-hydrogen) atoms. The van der Waals surface area contributed by atoms with E-state index in [2.05, 4.69) is 10.3 Å². The first-order valence-electron chi connectivity index (χ1n) is 10.7. The predicted molar refractivity (Wildman–Crippen MR) is 123 cm³/mol. The van der Waals surface area contributed by atoms with E-state index < -0.39 is 10.0 Å². The van der Waals surface area contributed by atoms with E-state index in [1.165, 1.54) is 28.6 Å². The highest BCUT2D eigenvalue weighted by atomic mass is 32.2. The average molecular weight is 456 g/mol. The molecule has 1 heterocycles. The van der Waals surface area contributed by atoms with E-state index in [1.54, 1.807) is 38.2 Å². The standard InChI is InChI=1S/C24H26FN3O3S/c1-16-22(14-17-8-9-18(25)15-23(17)26-16)24(29)27-19-10-12-21(13-11-19)32(30,31)28(2)20-6-4-3-5-7-20/h8-15,20H,3-7H2,1-2H3,(H,27,29). The molecule has 1 saturated carbocycles. The van der Waals surface area contributed by atoms with Crippen LogP contribution in [-0.4, -0.2) is 36.7 Å². The number of nitrogens with one attached hydrogen (secondary N) is 1. The van der Waals surface area contributed by atoms with Crippen molar-refractivity contribution in [3.05, 3.63) is 65.6 Å². The maximum Gasteiger partial charge on any atom is 0.257 e. The number of aryl methyl sites for hydroxylation is 1. The second-order valence-electron chi connectivity index (χ2n) is 8.25. The number of fused-ring (bicyclic) bond motifs is 1. The molecule has 1 aliphatic rings. The van der Waals surface area contributed by atoms with Gasteiger partial charge in [-0.25, -0.2) is 12.8 Å². The zero-order chi connectivity index (χ0) is 22.9. The number of carbonyl (C=O) groups is 1. The highest BCUT2D eigenvalue weighted by Crippen LogP contribution is 2.27.